The summed E-state index contributed by atoms with van der Waals surface area (Å²) in [6.07, 6.45) is 0. The zero-order chi connectivity index (χ0) is 11.7. The van der Waals surface area contributed by atoms with E-state index < -0.39 is 0 Å². The van der Waals surface area contributed by atoms with Gasteiger partial charge >= 0.3 is 0 Å². The van der Waals surface area contributed by atoms with E-state index in [0.717, 1.165) is 5.56 Å². The number of hydrogen-bond donors (Lipinski definition) is 1. The van der Waals surface area contributed by atoms with Crippen molar-refractivity contribution in [3.63, 3.8) is 0 Å². The lowest BCUT2D eigenvalue weighted by Crippen LogP contribution is -1.83. The first kappa shape index (κ1) is 10.3. The Labute approximate surface area is 106 Å². The fourth-order valence-corrected chi connectivity index (χ4v) is 2.32. The predicted molar refractivity (Wildman–Crippen MR) is 77.3 cm³/mol. The van der Waals surface area contributed by atoms with Crippen molar-refractivity contribution in [3.8, 4) is 11.2 Å². The Morgan fingerprint density at radius 1 is 0.765 bits per heavy atom. The summed E-state index contributed by atoms with van der Waals surface area (Å²) in [4.78, 5) is 0. The van der Waals surface area contributed by atoms with E-state index in [1.54, 1.807) is 0 Å². The van der Waals surface area contributed by atoms with Crippen molar-refractivity contribution < 1.29 is 0 Å². The van der Waals surface area contributed by atoms with Crippen molar-refractivity contribution in [3.05, 3.63) is 60.2 Å². The van der Waals surface area contributed by atoms with Crippen LogP contribution in [0.2, 0.25) is 0 Å². The number of rotatable bonds is 0. The van der Waals surface area contributed by atoms with Crippen molar-refractivity contribution in [2.24, 2.45) is 0 Å². The second-order valence-electron chi connectivity index (χ2n) is 3.93. The van der Waals surface area contributed by atoms with Gasteiger partial charge in [-0.15, -0.1) is 0 Å². The van der Waals surface area contributed by atoms with Gasteiger partial charge in [0, 0.05) is 5.56 Å². The molecule has 0 aliphatic heterocycles. The third-order valence-electron chi connectivity index (χ3n) is 2.95. The van der Waals surface area contributed by atoms with Gasteiger partial charge in [0.1, 0.15) is 0 Å². The molecule has 0 fully saturated rings. The van der Waals surface area contributed by atoms with Crippen molar-refractivity contribution >= 4 is 34.2 Å². The zero-order valence-corrected chi connectivity index (χ0v) is 10.0. The smallest absolute Gasteiger partial charge is 0.0411 e. The molecule has 0 nitrogen and oxygen atoms in total. The summed E-state index contributed by atoms with van der Waals surface area (Å²) in [5.74, 6) is 3.11. The summed E-state index contributed by atoms with van der Waals surface area (Å²) < 4.78 is 0. The maximum atomic E-state index is 4.02. The van der Waals surface area contributed by atoms with Gasteiger partial charge in [-0.05, 0) is 32.9 Å². The Kier molecular flexibility index (Phi) is 2.51. The first-order chi connectivity index (χ1) is 8.40. The monoisotopic (exact) mass is 234 g/mol. The maximum Gasteiger partial charge on any atom is 0.0411 e. The number of hydrogen-bond acceptors (Lipinski definition) is 1. The average molecular weight is 234 g/mol. The van der Waals surface area contributed by atoms with Gasteiger partial charge in [-0.1, -0.05) is 67.1 Å². The van der Waals surface area contributed by atoms with E-state index >= 15 is 0 Å². The molecule has 3 aromatic rings. The number of benzene rings is 3. The van der Waals surface area contributed by atoms with Gasteiger partial charge in [0.2, 0.25) is 0 Å². The van der Waals surface area contributed by atoms with E-state index in [1.807, 2.05) is 12.1 Å². The summed E-state index contributed by atoms with van der Waals surface area (Å²) in [6, 6.07) is 18.8. The highest BCUT2D eigenvalue weighted by Gasteiger charge is 2.04. The Morgan fingerprint density at radius 2 is 1.29 bits per heavy atom. The average Bonchev–Trinajstić information content (AvgIpc) is 2.39. The summed E-state index contributed by atoms with van der Waals surface area (Å²) in [7, 11) is 0. The van der Waals surface area contributed by atoms with Crippen LogP contribution in [0.3, 0.4) is 0 Å². The molecule has 80 valence electrons. The van der Waals surface area contributed by atoms with Gasteiger partial charge in [0.05, 0.1) is 0 Å². The molecule has 0 heterocycles. The lowest BCUT2D eigenvalue weighted by molar-refractivity contribution is 1.74. The lowest BCUT2D eigenvalue weighted by atomic mass is 9.97. The van der Waals surface area contributed by atoms with Crippen LogP contribution in [0.15, 0.2) is 54.6 Å². The molecule has 0 radical (unpaired) electrons. The Bertz CT molecular complexity index is 706. The van der Waals surface area contributed by atoms with Gasteiger partial charge in [0.25, 0.3) is 0 Å². The molecule has 0 atom stereocenters. The minimum absolute atomic E-state index is 1.06. The van der Waals surface area contributed by atoms with Crippen LogP contribution in [-0.4, -0.2) is 0 Å². The van der Waals surface area contributed by atoms with Gasteiger partial charge in [-0.3, -0.25) is 0 Å². The molecule has 0 aliphatic rings. The van der Waals surface area contributed by atoms with Gasteiger partial charge < -0.3 is 0 Å². The molecule has 0 unspecified atom stereocenters. The quantitative estimate of drug-likeness (QED) is 0.336. The third-order valence-corrected chi connectivity index (χ3v) is 3.06. The highest BCUT2D eigenvalue weighted by molar-refractivity contribution is 7.85. The Balaban J connectivity index is 2.59. The van der Waals surface area contributed by atoms with E-state index in [4.69, 9.17) is 0 Å². The highest BCUT2D eigenvalue weighted by Crippen LogP contribution is 2.27. The van der Waals surface area contributed by atoms with E-state index in [9.17, 15) is 0 Å². The zero-order valence-electron chi connectivity index (χ0n) is 9.14. The Morgan fingerprint density at radius 3 is 1.82 bits per heavy atom. The lowest BCUT2D eigenvalue weighted by Gasteiger charge is -2.06. The van der Waals surface area contributed by atoms with Crippen molar-refractivity contribution in [1.29, 1.82) is 0 Å². The second kappa shape index (κ2) is 4.16. The molecule has 0 saturated carbocycles. The normalized spacial score (nSPS) is 10.2. The van der Waals surface area contributed by atoms with Crippen LogP contribution in [0.5, 0.6) is 0 Å². The van der Waals surface area contributed by atoms with Crippen LogP contribution in [0.1, 0.15) is 5.56 Å². The molecule has 0 aromatic heterocycles. The fraction of sp³-hybridized carbons (Fsp3) is 0. The number of fused-ring (bicyclic) bond motifs is 2. The minimum atomic E-state index is 1.06. The van der Waals surface area contributed by atoms with Crippen LogP contribution in [-0.2, 0) is 0 Å². The van der Waals surface area contributed by atoms with Gasteiger partial charge in [0.15, 0.2) is 0 Å². The SMILES string of the molecule is SC#Cc1c2ccccc2cc2ccccc12. The molecular formula is C16H10S. The Hall–Kier alpha value is -1.91. The summed E-state index contributed by atoms with van der Waals surface area (Å²) in [6.45, 7) is 0. The van der Waals surface area contributed by atoms with Crippen molar-refractivity contribution in [2.75, 3.05) is 0 Å². The van der Waals surface area contributed by atoms with E-state index in [1.165, 1.54) is 21.5 Å². The second-order valence-corrected chi connectivity index (χ2v) is 4.15. The number of thiol groups is 1. The molecule has 1 heteroatoms. The van der Waals surface area contributed by atoms with E-state index in [-0.39, 0.29) is 0 Å². The van der Waals surface area contributed by atoms with Crippen LogP contribution in [0.4, 0.5) is 0 Å². The summed E-state index contributed by atoms with van der Waals surface area (Å²) >= 11 is 4.02. The molecule has 17 heavy (non-hydrogen) atoms. The molecule has 0 saturated heterocycles. The maximum absolute atomic E-state index is 4.02. The summed E-state index contributed by atoms with van der Waals surface area (Å²) in [5, 5.41) is 7.53. The topological polar surface area (TPSA) is 0 Å². The molecule has 0 bridgehead atoms. The van der Waals surface area contributed by atoms with Crippen molar-refractivity contribution in [2.45, 2.75) is 0 Å². The molecular weight excluding hydrogens is 224 g/mol. The predicted octanol–water partition coefficient (Wildman–Crippen LogP) is 4.23. The minimum Gasteiger partial charge on any atom is -0.0918 e. The third kappa shape index (κ3) is 1.67. The van der Waals surface area contributed by atoms with Crippen LogP contribution >= 0.6 is 12.6 Å². The molecule has 0 spiro atoms. The molecule has 3 rings (SSSR count). The fourth-order valence-electron chi connectivity index (χ4n) is 2.20. The van der Waals surface area contributed by atoms with Gasteiger partial charge in [-0.2, -0.15) is 0 Å². The van der Waals surface area contributed by atoms with Gasteiger partial charge in [-0.25, -0.2) is 0 Å². The van der Waals surface area contributed by atoms with E-state index in [2.05, 4.69) is 66.3 Å². The van der Waals surface area contributed by atoms with Crippen molar-refractivity contribution in [1.82, 2.24) is 0 Å². The van der Waals surface area contributed by atoms with E-state index in [0.29, 0.717) is 0 Å². The first-order valence-electron chi connectivity index (χ1n) is 5.46. The molecule has 0 amide bonds. The largest absolute Gasteiger partial charge is 0.0918 e. The van der Waals surface area contributed by atoms with Crippen LogP contribution in [0, 0.1) is 11.2 Å². The van der Waals surface area contributed by atoms with Crippen LogP contribution in [0.25, 0.3) is 21.5 Å². The molecule has 3 aromatic carbocycles. The molecule has 0 aliphatic carbocycles. The summed E-state index contributed by atoms with van der Waals surface area (Å²) in [5.41, 5.74) is 1.06. The first-order valence-corrected chi connectivity index (χ1v) is 5.90. The standard InChI is InChI=1S/C16H10S/c17-10-9-16-14-7-3-1-5-12(14)11-13-6-2-4-8-15(13)16/h1-8,11,17H. The highest BCUT2D eigenvalue weighted by atomic mass is 32.1. The molecule has 0 N–H and O–H groups in total. The van der Waals surface area contributed by atoms with Crippen LogP contribution < -0.4 is 0 Å².